The summed E-state index contributed by atoms with van der Waals surface area (Å²) >= 11 is 3.45. The Morgan fingerprint density at radius 3 is 2.86 bits per heavy atom. The van der Waals surface area contributed by atoms with Crippen molar-refractivity contribution in [2.24, 2.45) is 0 Å². The molecule has 0 aliphatic rings. The second-order valence-electron chi connectivity index (χ2n) is 3.14. The number of aliphatic hydroxyl groups is 1. The fourth-order valence-corrected chi connectivity index (χ4v) is 3.48. The highest BCUT2D eigenvalue weighted by molar-refractivity contribution is 7.98. The highest BCUT2D eigenvalue weighted by Crippen LogP contribution is 2.36. The number of thiophene rings is 1. The summed E-state index contributed by atoms with van der Waals surface area (Å²) in [5.74, 6) is 0. The molecular weight excluding hydrogens is 212 g/mol. The lowest BCUT2D eigenvalue weighted by molar-refractivity contribution is 0.285. The lowest BCUT2D eigenvalue weighted by atomic mass is 10.1. The molecule has 1 aromatic heterocycles. The topological polar surface area (TPSA) is 20.2 Å². The smallest absolute Gasteiger partial charge is 0.0777 e. The monoisotopic (exact) mass is 224 g/mol. The van der Waals surface area contributed by atoms with Gasteiger partial charge in [0, 0.05) is 19.9 Å². The minimum atomic E-state index is 0.152. The van der Waals surface area contributed by atoms with Gasteiger partial charge in [0.2, 0.25) is 0 Å². The van der Waals surface area contributed by atoms with E-state index in [2.05, 4.69) is 31.4 Å². The molecule has 1 nitrogen and oxygen atoms in total. The zero-order valence-corrected chi connectivity index (χ0v) is 9.84. The maximum atomic E-state index is 9.19. The highest BCUT2D eigenvalue weighted by Gasteiger charge is 2.10. The van der Waals surface area contributed by atoms with Crippen molar-refractivity contribution in [1.29, 1.82) is 0 Å². The fourth-order valence-electron chi connectivity index (χ4n) is 1.64. The minimum absolute atomic E-state index is 0.152. The Balaban J connectivity index is 2.79. The molecule has 0 aliphatic carbocycles. The summed E-state index contributed by atoms with van der Waals surface area (Å²) in [5, 5.41) is 10.5. The van der Waals surface area contributed by atoms with Gasteiger partial charge in [0.1, 0.15) is 0 Å². The number of hydrogen-bond donors (Lipinski definition) is 1. The van der Waals surface area contributed by atoms with Gasteiger partial charge < -0.3 is 5.11 Å². The van der Waals surface area contributed by atoms with E-state index in [4.69, 9.17) is 0 Å². The molecule has 0 unspecified atom stereocenters. The molecule has 0 fully saturated rings. The van der Waals surface area contributed by atoms with Gasteiger partial charge in [0.05, 0.1) is 6.61 Å². The molecule has 0 spiro atoms. The Morgan fingerprint density at radius 2 is 2.21 bits per heavy atom. The summed E-state index contributed by atoms with van der Waals surface area (Å²) in [6.45, 7) is 2.24. The molecule has 0 bridgehead atoms. The van der Waals surface area contributed by atoms with Gasteiger partial charge >= 0.3 is 0 Å². The lowest BCUT2D eigenvalue weighted by Gasteiger charge is -1.99. The number of hydrogen-bond acceptors (Lipinski definition) is 3. The number of aryl methyl sites for hydroxylation is 1. The van der Waals surface area contributed by atoms with Crippen LogP contribution in [0.2, 0.25) is 0 Å². The minimum Gasteiger partial charge on any atom is -0.391 e. The van der Waals surface area contributed by atoms with Crippen molar-refractivity contribution in [3.63, 3.8) is 0 Å². The molecule has 2 aromatic rings. The van der Waals surface area contributed by atoms with E-state index in [1.165, 1.54) is 20.5 Å². The summed E-state index contributed by atoms with van der Waals surface area (Å²) in [6, 6.07) is 6.32. The predicted molar refractivity (Wildman–Crippen MR) is 64.3 cm³/mol. The molecule has 0 amide bonds. The van der Waals surface area contributed by atoms with Crippen LogP contribution in [0.15, 0.2) is 23.1 Å². The van der Waals surface area contributed by atoms with Gasteiger partial charge in [0.25, 0.3) is 0 Å². The van der Waals surface area contributed by atoms with Crippen LogP contribution in [0, 0.1) is 6.92 Å². The Bertz CT molecular complexity index is 460. The number of fused-ring (bicyclic) bond motifs is 1. The van der Waals surface area contributed by atoms with Crippen LogP contribution in [-0.4, -0.2) is 11.4 Å². The fraction of sp³-hybridized carbons (Fsp3) is 0.273. The third kappa shape index (κ3) is 1.45. The Kier molecular flexibility index (Phi) is 2.81. The van der Waals surface area contributed by atoms with E-state index in [0.29, 0.717) is 0 Å². The first-order valence-corrected chi connectivity index (χ1v) is 6.48. The second kappa shape index (κ2) is 3.93. The molecule has 1 N–H and O–H groups in total. The molecule has 0 atom stereocenters. The third-order valence-electron chi connectivity index (χ3n) is 2.38. The van der Waals surface area contributed by atoms with Crippen LogP contribution in [-0.2, 0) is 6.61 Å². The van der Waals surface area contributed by atoms with E-state index in [1.54, 1.807) is 23.1 Å². The quantitative estimate of drug-likeness (QED) is 0.789. The standard InChI is InChI=1S/C11H12OS2/c1-7-10(6-12)14-9-5-3-4-8(13-2)11(7)9/h3-5,12H,6H2,1-2H3. The number of thioether (sulfide) groups is 1. The third-order valence-corrected chi connectivity index (χ3v) is 4.40. The van der Waals surface area contributed by atoms with Gasteiger partial charge in [-0.3, -0.25) is 0 Å². The van der Waals surface area contributed by atoms with Crippen LogP contribution in [0.25, 0.3) is 10.1 Å². The lowest BCUT2D eigenvalue weighted by Crippen LogP contribution is -1.80. The van der Waals surface area contributed by atoms with E-state index in [0.717, 1.165) is 4.88 Å². The normalized spacial score (nSPS) is 11.1. The van der Waals surface area contributed by atoms with E-state index in [-0.39, 0.29) is 6.61 Å². The molecule has 1 heterocycles. The van der Waals surface area contributed by atoms with Crippen LogP contribution in [0.3, 0.4) is 0 Å². The Labute approximate surface area is 91.8 Å². The molecule has 14 heavy (non-hydrogen) atoms. The Hall–Kier alpha value is -0.510. The number of rotatable bonds is 2. The van der Waals surface area contributed by atoms with Crippen molar-refractivity contribution < 1.29 is 5.11 Å². The molecule has 0 aliphatic heterocycles. The van der Waals surface area contributed by atoms with Crippen molar-refractivity contribution in [1.82, 2.24) is 0 Å². The van der Waals surface area contributed by atoms with Gasteiger partial charge in [-0.1, -0.05) is 6.07 Å². The largest absolute Gasteiger partial charge is 0.391 e. The van der Waals surface area contributed by atoms with Crippen LogP contribution >= 0.6 is 23.1 Å². The zero-order valence-electron chi connectivity index (χ0n) is 8.20. The maximum absolute atomic E-state index is 9.19. The predicted octanol–water partition coefficient (Wildman–Crippen LogP) is 3.42. The Morgan fingerprint density at radius 1 is 1.43 bits per heavy atom. The molecule has 0 saturated heterocycles. The van der Waals surface area contributed by atoms with Gasteiger partial charge in [0.15, 0.2) is 0 Å². The second-order valence-corrected chi connectivity index (χ2v) is 5.13. The van der Waals surface area contributed by atoms with Gasteiger partial charge in [-0.15, -0.1) is 23.1 Å². The van der Waals surface area contributed by atoms with Crippen molar-refractivity contribution in [2.75, 3.05) is 6.26 Å². The summed E-state index contributed by atoms with van der Waals surface area (Å²) in [7, 11) is 0. The van der Waals surface area contributed by atoms with Crippen LogP contribution in [0.5, 0.6) is 0 Å². The summed E-state index contributed by atoms with van der Waals surface area (Å²) in [6.07, 6.45) is 2.09. The SMILES string of the molecule is CSc1cccc2sc(CO)c(C)c12. The van der Waals surface area contributed by atoms with E-state index in [1.807, 2.05) is 0 Å². The summed E-state index contributed by atoms with van der Waals surface area (Å²) in [5.41, 5.74) is 1.23. The average molecular weight is 224 g/mol. The first kappa shape index (κ1) is 10.0. The molecule has 0 radical (unpaired) electrons. The van der Waals surface area contributed by atoms with E-state index in [9.17, 15) is 5.11 Å². The molecule has 2 rings (SSSR count). The molecule has 1 aromatic carbocycles. The van der Waals surface area contributed by atoms with Crippen molar-refractivity contribution in [3.05, 3.63) is 28.6 Å². The van der Waals surface area contributed by atoms with Gasteiger partial charge in [-0.25, -0.2) is 0 Å². The molecule has 3 heteroatoms. The molecular formula is C11H12OS2. The van der Waals surface area contributed by atoms with Crippen molar-refractivity contribution in [2.45, 2.75) is 18.4 Å². The van der Waals surface area contributed by atoms with Crippen molar-refractivity contribution >= 4 is 33.2 Å². The van der Waals surface area contributed by atoms with Gasteiger partial charge in [-0.2, -0.15) is 0 Å². The van der Waals surface area contributed by atoms with E-state index < -0.39 is 0 Å². The van der Waals surface area contributed by atoms with Gasteiger partial charge in [-0.05, 0) is 30.9 Å². The first-order valence-electron chi connectivity index (χ1n) is 4.43. The average Bonchev–Trinajstić information content (AvgIpc) is 2.55. The van der Waals surface area contributed by atoms with Crippen LogP contribution in [0.4, 0.5) is 0 Å². The van der Waals surface area contributed by atoms with Crippen LogP contribution in [0.1, 0.15) is 10.4 Å². The van der Waals surface area contributed by atoms with Crippen molar-refractivity contribution in [3.8, 4) is 0 Å². The number of aliphatic hydroxyl groups excluding tert-OH is 1. The zero-order chi connectivity index (χ0) is 10.1. The maximum Gasteiger partial charge on any atom is 0.0777 e. The molecule has 74 valence electrons. The number of benzene rings is 1. The van der Waals surface area contributed by atoms with Crippen LogP contribution < -0.4 is 0 Å². The first-order chi connectivity index (χ1) is 6.77. The highest BCUT2D eigenvalue weighted by atomic mass is 32.2. The molecule has 0 saturated carbocycles. The summed E-state index contributed by atoms with van der Waals surface area (Å²) in [4.78, 5) is 2.39. The summed E-state index contributed by atoms with van der Waals surface area (Å²) < 4.78 is 1.28. The van der Waals surface area contributed by atoms with E-state index >= 15 is 0 Å².